The number of carbonyl (C=O) groups is 1. The number of halogens is 1. The van der Waals surface area contributed by atoms with Crippen molar-refractivity contribution < 1.29 is 9.53 Å². The van der Waals surface area contributed by atoms with Gasteiger partial charge in [-0.1, -0.05) is 18.2 Å². The molecule has 0 atom stereocenters. The third-order valence-electron chi connectivity index (χ3n) is 4.81. The van der Waals surface area contributed by atoms with Gasteiger partial charge in [0.25, 0.3) is 0 Å². The van der Waals surface area contributed by atoms with Gasteiger partial charge in [-0.2, -0.15) is 0 Å². The van der Waals surface area contributed by atoms with Crippen molar-refractivity contribution in [1.29, 1.82) is 0 Å². The smallest absolute Gasteiger partial charge is 0.414 e. The molecule has 1 aliphatic carbocycles. The van der Waals surface area contributed by atoms with Crippen molar-refractivity contribution in [2.24, 2.45) is 10.7 Å². The Balaban J connectivity index is 0.00000210. The number of nitrogens with two attached hydrogens (primary N) is 1. The molecule has 0 aromatic heterocycles. The highest BCUT2D eigenvalue weighted by atomic mass is 127. The first-order valence-corrected chi connectivity index (χ1v) is 8.91. The van der Waals surface area contributed by atoms with Crippen LogP contribution in [-0.2, 0) is 24.1 Å². The van der Waals surface area contributed by atoms with Crippen molar-refractivity contribution in [1.82, 2.24) is 0 Å². The lowest BCUT2D eigenvalue weighted by atomic mass is 10.1. The molecule has 0 radical (unpaired) electrons. The standard InChI is InChI=1S/C20H22N4O2.HI/c21-19(23-17-7-6-15-2-1-3-16(15)12-17)22-13-14-4-8-18(9-5-14)24-10-11-26-20(24)25;/h4-9,12H,1-3,10-11,13H2,(H3,21,22,23);1H. The summed E-state index contributed by atoms with van der Waals surface area (Å²) in [7, 11) is 0. The van der Waals surface area contributed by atoms with E-state index in [9.17, 15) is 4.79 Å². The van der Waals surface area contributed by atoms with E-state index in [4.69, 9.17) is 10.5 Å². The Kier molecular flexibility index (Phi) is 6.20. The molecule has 1 amide bonds. The van der Waals surface area contributed by atoms with Crippen molar-refractivity contribution in [2.75, 3.05) is 23.4 Å². The van der Waals surface area contributed by atoms with E-state index < -0.39 is 0 Å². The fourth-order valence-electron chi connectivity index (χ4n) is 3.42. The fraction of sp³-hybridized carbons (Fsp3) is 0.300. The molecular formula is C20H23IN4O2. The fourth-order valence-corrected chi connectivity index (χ4v) is 3.42. The van der Waals surface area contributed by atoms with Crippen LogP contribution in [0.25, 0.3) is 0 Å². The molecule has 1 heterocycles. The van der Waals surface area contributed by atoms with Gasteiger partial charge in [0.1, 0.15) is 6.61 Å². The number of fused-ring (bicyclic) bond motifs is 1. The molecule has 7 heteroatoms. The van der Waals surface area contributed by atoms with Crippen LogP contribution in [0.2, 0.25) is 0 Å². The predicted octanol–water partition coefficient (Wildman–Crippen LogP) is 3.68. The highest BCUT2D eigenvalue weighted by molar-refractivity contribution is 14.0. The van der Waals surface area contributed by atoms with Crippen molar-refractivity contribution in [3.8, 4) is 0 Å². The molecule has 0 spiro atoms. The number of nitrogens with one attached hydrogen (secondary N) is 1. The Hall–Kier alpha value is -2.29. The van der Waals surface area contributed by atoms with Gasteiger partial charge in [0.05, 0.1) is 13.1 Å². The van der Waals surface area contributed by atoms with Crippen LogP contribution < -0.4 is 16.0 Å². The van der Waals surface area contributed by atoms with Gasteiger partial charge in [-0.15, -0.1) is 24.0 Å². The third-order valence-corrected chi connectivity index (χ3v) is 4.81. The number of aliphatic imine (C=N–C) groups is 1. The minimum absolute atomic E-state index is 0. The molecule has 2 aromatic carbocycles. The zero-order valence-electron chi connectivity index (χ0n) is 15.0. The first-order valence-electron chi connectivity index (χ1n) is 8.91. The van der Waals surface area contributed by atoms with Gasteiger partial charge in [-0.25, -0.2) is 9.79 Å². The largest absolute Gasteiger partial charge is 0.447 e. The van der Waals surface area contributed by atoms with E-state index in [-0.39, 0.29) is 30.1 Å². The minimum Gasteiger partial charge on any atom is -0.447 e. The lowest BCUT2D eigenvalue weighted by Gasteiger charge is -2.12. The molecule has 142 valence electrons. The average molecular weight is 478 g/mol. The molecule has 2 aliphatic rings. The number of cyclic esters (lactones) is 1. The molecule has 6 nitrogen and oxygen atoms in total. The molecule has 1 fully saturated rings. The summed E-state index contributed by atoms with van der Waals surface area (Å²) in [6, 6.07) is 14.1. The van der Waals surface area contributed by atoms with Crippen molar-refractivity contribution >= 4 is 47.4 Å². The summed E-state index contributed by atoms with van der Waals surface area (Å²) in [5.74, 6) is 0.398. The number of aryl methyl sites for hydroxylation is 2. The summed E-state index contributed by atoms with van der Waals surface area (Å²) in [4.78, 5) is 17.6. The number of hydrogen-bond donors (Lipinski definition) is 2. The maximum Gasteiger partial charge on any atom is 0.414 e. The summed E-state index contributed by atoms with van der Waals surface area (Å²) in [6.07, 6.45) is 3.25. The Labute approximate surface area is 175 Å². The van der Waals surface area contributed by atoms with Crippen LogP contribution in [0.5, 0.6) is 0 Å². The second kappa shape index (κ2) is 8.60. The Morgan fingerprint density at radius 3 is 2.67 bits per heavy atom. The van der Waals surface area contributed by atoms with E-state index >= 15 is 0 Å². The van der Waals surface area contributed by atoms with Gasteiger partial charge in [0.2, 0.25) is 0 Å². The van der Waals surface area contributed by atoms with Crippen LogP contribution in [0, 0.1) is 0 Å². The predicted molar refractivity (Wildman–Crippen MR) is 118 cm³/mol. The summed E-state index contributed by atoms with van der Waals surface area (Å²) >= 11 is 0. The van der Waals surface area contributed by atoms with E-state index in [1.807, 2.05) is 24.3 Å². The summed E-state index contributed by atoms with van der Waals surface area (Å²) in [5.41, 5.74) is 11.7. The molecule has 1 saturated heterocycles. The number of anilines is 2. The second-order valence-electron chi connectivity index (χ2n) is 6.60. The Morgan fingerprint density at radius 2 is 1.93 bits per heavy atom. The normalized spacial score (nSPS) is 15.9. The molecular weight excluding hydrogens is 455 g/mol. The monoisotopic (exact) mass is 478 g/mol. The lowest BCUT2D eigenvalue weighted by Crippen LogP contribution is -2.23. The van der Waals surface area contributed by atoms with E-state index in [2.05, 4.69) is 28.5 Å². The molecule has 3 N–H and O–H groups in total. The maximum atomic E-state index is 11.6. The van der Waals surface area contributed by atoms with Crippen LogP contribution >= 0.6 is 24.0 Å². The van der Waals surface area contributed by atoms with Gasteiger partial charge in [0.15, 0.2) is 5.96 Å². The van der Waals surface area contributed by atoms with E-state index in [1.54, 1.807) is 4.90 Å². The zero-order chi connectivity index (χ0) is 17.9. The van der Waals surface area contributed by atoms with Crippen LogP contribution in [0.1, 0.15) is 23.1 Å². The van der Waals surface area contributed by atoms with Crippen molar-refractivity contribution in [2.45, 2.75) is 25.8 Å². The van der Waals surface area contributed by atoms with Crippen LogP contribution in [0.4, 0.5) is 16.2 Å². The Morgan fingerprint density at radius 1 is 1.15 bits per heavy atom. The second-order valence-corrected chi connectivity index (χ2v) is 6.60. The quantitative estimate of drug-likeness (QED) is 0.399. The first-order chi connectivity index (χ1) is 12.7. The number of amides is 1. The molecule has 4 rings (SSSR count). The molecule has 2 aromatic rings. The van der Waals surface area contributed by atoms with E-state index in [0.717, 1.165) is 23.4 Å². The number of benzene rings is 2. The van der Waals surface area contributed by atoms with Crippen LogP contribution in [-0.4, -0.2) is 25.2 Å². The number of carbonyl (C=O) groups excluding carboxylic acids is 1. The number of ether oxygens (including phenoxy) is 1. The molecule has 0 bridgehead atoms. The first kappa shape index (κ1) is 19.5. The number of hydrogen-bond acceptors (Lipinski definition) is 3. The SMILES string of the molecule is I.NC(=NCc1ccc(N2CCOC2=O)cc1)Nc1ccc2c(c1)CCC2. The van der Waals surface area contributed by atoms with Gasteiger partial charge in [-0.3, -0.25) is 4.90 Å². The van der Waals surface area contributed by atoms with Crippen molar-refractivity contribution in [3.63, 3.8) is 0 Å². The Bertz CT molecular complexity index is 852. The molecule has 27 heavy (non-hydrogen) atoms. The van der Waals surface area contributed by atoms with E-state index in [0.29, 0.717) is 25.7 Å². The van der Waals surface area contributed by atoms with Gasteiger partial charge >= 0.3 is 6.09 Å². The summed E-state index contributed by atoms with van der Waals surface area (Å²) in [6.45, 7) is 1.51. The minimum atomic E-state index is -0.293. The third kappa shape index (κ3) is 4.52. The molecule has 1 aliphatic heterocycles. The van der Waals surface area contributed by atoms with Gasteiger partial charge < -0.3 is 15.8 Å². The van der Waals surface area contributed by atoms with Gasteiger partial charge in [0, 0.05) is 11.4 Å². The highest BCUT2D eigenvalue weighted by Crippen LogP contribution is 2.25. The summed E-state index contributed by atoms with van der Waals surface area (Å²) in [5, 5.41) is 3.16. The topological polar surface area (TPSA) is 79.9 Å². The van der Waals surface area contributed by atoms with Crippen LogP contribution in [0.15, 0.2) is 47.5 Å². The van der Waals surface area contributed by atoms with E-state index in [1.165, 1.54) is 24.0 Å². The summed E-state index contributed by atoms with van der Waals surface area (Å²) < 4.78 is 4.95. The highest BCUT2D eigenvalue weighted by Gasteiger charge is 2.23. The number of rotatable bonds is 4. The number of nitrogens with zero attached hydrogens (tertiary/aromatic N) is 2. The zero-order valence-corrected chi connectivity index (χ0v) is 17.3. The van der Waals surface area contributed by atoms with Crippen molar-refractivity contribution in [3.05, 3.63) is 59.2 Å². The molecule has 0 saturated carbocycles. The molecule has 0 unspecified atom stereocenters. The number of guanidine groups is 1. The van der Waals surface area contributed by atoms with Gasteiger partial charge in [-0.05, 0) is 60.2 Å². The average Bonchev–Trinajstić information content (AvgIpc) is 3.29. The van der Waals surface area contributed by atoms with Crippen LogP contribution in [0.3, 0.4) is 0 Å². The lowest BCUT2D eigenvalue weighted by molar-refractivity contribution is 0.181. The maximum absolute atomic E-state index is 11.6.